The van der Waals surface area contributed by atoms with Gasteiger partial charge >= 0.3 is 0 Å². The Hall–Kier alpha value is -0.0600. The minimum absolute atomic E-state index is 0.190. The number of nitrogens with one attached hydrogen (secondary N) is 1. The van der Waals surface area contributed by atoms with E-state index in [9.17, 15) is 4.39 Å². The zero-order valence-electron chi connectivity index (χ0n) is 9.22. The summed E-state index contributed by atoms with van der Waals surface area (Å²) >= 11 is 5.21. The second-order valence-corrected chi connectivity index (χ2v) is 6.27. The van der Waals surface area contributed by atoms with Crippen LogP contribution in [-0.2, 0) is 6.54 Å². The maximum Gasteiger partial charge on any atom is 0.137 e. The summed E-state index contributed by atoms with van der Waals surface area (Å²) in [6, 6.07) is 5.16. The van der Waals surface area contributed by atoms with Crippen molar-refractivity contribution in [2.24, 2.45) is 0 Å². The minimum Gasteiger partial charge on any atom is -0.311 e. The first kappa shape index (κ1) is 12.4. The van der Waals surface area contributed by atoms with Crippen molar-refractivity contribution in [1.82, 2.24) is 5.32 Å². The lowest BCUT2D eigenvalue weighted by molar-refractivity contribution is 0.610. The Balaban J connectivity index is 1.88. The van der Waals surface area contributed by atoms with Crippen molar-refractivity contribution in [1.29, 1.82) is 0 Å². The Morgan fingerprint density at radius 1 is 1.50 bits per heavy atom. The standard InChI is InChI=1S/C12H15BrFNS/c1-16-12(5-6-12)8-15-7-9-3-2-4-10(14)11(9)13/h2-4,15H,5-8H2,1H3. The number of halogens is 2. The van der Waals surface area contributed by atoms with E-state index in [1.165, 1.54) is 18.9 Å². The molecule has 0 atom stereocenters. The normalized spacial score (nSPS) is 17.4. The predicted octanol–water partition coefficient (Wildman–Crippen LogP) is 3.57. The number of benzene rings is 1. The van der Waals surface area contributed by atoms with Crippen LogP contribution in [0.15, 0.2) is 22.7 Å². The van der Waals surface area contributed by atoms with Crippen molar-refractivity contribution in [3.63, 3.8) is 0 Å². The first-order chi connectivity index (χ1) is 7.67. The van der Waals surface area contributed by atoms with Gasteiger partial charge in [-0.3, -0.25) is 0 Å². The number of hydrogen-bond acceptors (Lipinski definition) is 2. The van der Waals surface area contributed by atoms with Crippen LogP contribution >= 0.6 is 27.7 Å². The first-order valence-corrected chi connectivity index (χ1v) is 7.37. The van der Waals surface area contributed by atoms with Gasteiger partial charge in [-0.2, -0.15) is 11.8 Å². The summed E-state index contributed by atoms with van der Waals surface area (Å²) in [6.07, 6.45) is 4.75. The third-order valence-electron chi connectivity index (χ3n) is 3.03. The Morgan fingerprint density at radius 2 is 2.25 bits per heavy atom. The van der Waals surface area contributed by atoms with E-state index in [-0.39, 0.29) is 5.82 Å². The van der Waals surface area contributed by atoms with E-state index in [1.807, 2.05) is 17.8 Å². The highest BCUT2D eigenvalue weighted by Crippen LogP contribution is 2.46. The monoisotopic (exact) mass is 303 g/mol. The van der Waals surface area contributed by atoms with Crippen molar-refractivity contribution in [2.45, 2.75) is 24.1 Å². The smallest absolute Gasteiger partial charge is 0.137 e. The van der Waals surface area contributed by atoms with Crippen LogP contribution in [0.2, 0.25) is 0 Å². The Labute approximate surface area is 108 Å². The molecule has 1 aliphatic carbocycles. The van der Waals surface area contributed by atoms with Gasteiger partial charge in [-0.1, -0.05) is 12.1 Å². The van der Waals surface area contributed by atoms with E-state index in [4.69, 9.17) is 0 Å². The molecule has 0 aromatic heterocycles. The molecule has 1 aliphatic rings. The lowest BCUT2D eigenvalue weighted by Crippen LogP contribution is -2.25. The predicted molar refractivity (Wildman–Crippen MR) is 71.3 cm³/mol. The summed E-state index contributed by atoms with van der Waals surface area (Å²) in [7, 11) is 0. The summed E-state index contributed by atoms with van der Waals surface area (Å²) in [5.41, 5.74) is 0.983. The molecule has 0 saturated heterocycles. The maximum atomic E-state index is 13.2. The molecule has 0 amide bonds. The average Bonchev–Trinajstić information content (AvgIpc) is 3.05. The van der Waals surface area contributed by atoms with Crippen molar-refractivity contribution in [3.05, 3.63) is 34.1 Å². The molecule has 0 unspecified atom stereocenters. The summed E-state index contributed by atoms with van der Waals surface area (Å²) in [4.78, 5) is 0. The van der Waals surface area contributed by atoms with E-state index < -0.39 is 0 Å². The Morgan fingerprint density at radius 3 is 2.88 bits per heavy atom. The minimum atomic E-state index is -0.190. The van der Waals surface area contributed by atoms with E-state index in [2.05, 4.69) is 27.5 Å². The molecule has 1 nitrogen and oxygen atoms in total. The maximum absolute atomic E-state index is 13.2. The van der Waals surface area contributed by atoms with Gasteiger partial charge in [0.2, 0.25) is 0 Å². The molecule has 88 valence electrons. The van der Waals surface area contributed by atoms with Crippen LogP contribution in [0, 0.1) is 5.82 Å². The molecule has 1 aromatic carbocycles. The molecule has 16 heavy (non-hydrogen) atoms. The molecule has 1 saturated carbocycles. The first-order valence-electron chi connectivity index (χ1n) is 5.36. The van der Waals surface area contributed by atoms with Crippen LogP contribution in [0.1, 0.15) is 18.4 Å². The molecule has 0 radical (unpaired) electrons. The van der Waals surface area contributed by atoms with Crippen molar-refractivity contribution >= 4 is 27.7 Å². The summed E-state index contributed by atoms with van der Waals surface area (Å²) in [5.74, 6) is -0.190. The lowest BCUT2D eigenvalue weighted by atomic mass is 10.2. The van der Waals surface area contributed by atoms with Gasteiger partial charge in [0, 0.05) is 17.8 Å². The van der Waals surface area contributed by atoms with Crippen molar-refractivity contribution in [2.75, 3.05) is 12.8 Å². The van der Waals surface area contributed by atoms with E-state index in [0.29, 0.717) is 9.22 Å². The van der Waals surface area contributed by atoms with Gasteiger partial charge in [0.1, 0.15) is 5.82 Å². The fourth-order valence-electron chi connectivity index (χ4n) is 1.70. The second-order valence-electron chi connectivity index (χ2n) is 4.20. The van der Waals surface area contributed by atoms with Gasteiger partial charge in [0.15, 0.2) is 0 Å². The van der Waals surface area contributed by atoms with Gasteiger partial charge in [-0.05, 0) is 46.7 Å². The second kappa shape index (κ2) is 5.07. The number of hydrogen-bond donors (Lipinski definition) is 1. The number of thioether (sulfide) groups is 1. The average molecular weight is 304 g/mol. The fraction of sp³-hybridized carbons (Fsp3) is 0.500. The zero-order valence-corrected chi connectivity index (χ0v) is 11.6. The van der Waals surface area contributed by atoms with Gasteiger partial charge in [0.05, 0.1) is 4.47 Å². The van der Waals surface area contributed by atoms with E-state index >= 15 is 0 Å². The summed E-state index contributed by atoms with van der Waals surface area (Å²) < 4.78 is 14.3. The summed E-state index contributed by atoms with van der Waals surface area (Å²) in [6.45, 7) is 1.73. The van der Waals surface area contributed by atoms with Gasteiger partial charge in [0.25, 0.3) is 0 Å². The summed E-state index contributed by atoms with van der Waals surface area (Å²) in [5, 5.41) is 3.41. The Bertz CT molecular complexity index is 379. The van der Waals surface area contributed by atoms with E-state index in [0.717, 1.165) is 18.7 Å². The largest absolute Gasteiger partial charge is 0.311 e. The van der Waals surface area contributed by atoms with Gasteiger partial charge < -0.3 is 5.32 Å². The SMILES string of the molecule is CSC1(CNCc2cccc(F)c2Br)CC1. The van der Waals surface area contributed by atoms with Crippen LogP contribution < -0.4 is 5.32 Å². The van der Waals surface area contributed by atoms with Crippen molar-refractivity contribution in [3.8, 4) is 0 Å². The molecule has 4 heteroatoms. The van der Waals surface area contributed by atoms with Crippen LogP contribution in [-0.4, -0.2) is 17.5 Å². The molecule has 0 bridgehead atoms. The molecule has 1 fully saturated rings. The molecule has 2 rings (SSSR count). The molecular weight excluding hydrogens is 289 g/mol. The molecule has 0 heterocycles. The van der Waals surface area contributed by atoms with Crippen molar-refractivity contribution < 1.29 is 4.39 Å². The lowest BCUT2D eigenvalue weighted by Gasteiger charge is -2.13. The highest BCUT2D eigenvalue weighted by Gasteiger charge is 2.41. The van der Waals surface area contributed by atoms with E-state index in [1.54, 1.807) is 6.07 Å². The molecule has 1 aromatic rings. The highest BCUT2D eigenvalue weighted by atomic mass is 79.9. The molecule has 1 N–H and O–H groups in total. The molecule has 0 aliphatic heterocycles. The molecule has 0 spiro atoms. The third-order valence-corrected chi connectivity index (χ3v) is 5.34. The Kier molecular flexibility index (Phi) is 3.93. The van der Waals surface area contributed by atoms with Crippen LogP contribution in [0.3, 0.4) is 0 Å². The van der Waals surface area contributed by atoms with Crippen LogP contribution in [0.25, 0.3) is 0 Å². The van der Waals surface area contributed by atoms with Crippen LogP contribution in [0.5, 0.6) is 0 Å². The fourth-order valence-corrected chi connectivity index (χ4v) is 2.86. The van der Waals surface area contributed by atoms with Gasteiger partial charge in [-0.25, -0.2) is 4.39 Å². The molecular formula is C12H15BrFNS. The topological polar surface area (TPSA) is 12.0 Å². The highest BCUT2D eigenvalue weighted by molar-refractivity contribution is 9.10. The number of rotatable bonds is 5. The third kappa shape index (κ3) is 2.79. The van der Waals surface area contributed by atoms with Gasteiger partial charge in [-0.15, -0.1) is 0 Å². The van der Waals surface area contributed by atoms with Crippen LogP contribution in [0.4, 0.5) is 4.39 Å². The zero-order chi connectivity index (χ0) is 11.6. The quantitative estimate of drug-likeness (QED) is 0.892.